The molecule has 1 atom stereocenters. The van der Waals surface area contributed by atoms with E-state index in [0.717, 1.165) is 12.8 Å². The number of amides is 2. The molecule has 1 aliphatic heterocycles. The summed E-state index contributed by atoms with van der Waals surface area (Å²) in [5.41, 5.74) is -0.640. The molecule has 1 unspecified atom stereocenters. The van der Waals surface area contributed by atoms with E-state index >= 15 is 0 Å². The molecule has 1 fully saturated rings. The van der Waals surface area contributed by atoms with Crippen LogP contribution in [-0.2, 0) is 19.1 Å². The minimum absolute atomic E-state index is 0.141. The number of benzene rings is 1. The lowest BCUT2D eigenvalue weighted by Gasteiger charge is -2.27. The van der Waals surface area contributed by atoms with Crippen LogP contribution in [0, 0.1) is 5.41 Å². The third kappa shape index (κ3) is 11.7. The van der Waals surface area contributed by atoms with Gasteiger partial charge in [-0.2, -0.15) is 13.2 Å². The van der Waals surface area contributed by atoms with Crippen LogP contribution in [0.25, 0.3) is 0 Å². The smallest absolute Gasteiger partial charge is 0.490 e. The average Bonchev–Trinajstić information content (AvgIpc) is 2.90. The second-order valence-corrected chi connectivity index (χ2v) is 9.72. The fourth-order valence-corrected chi connectivity index (χ4v) is 3.51. The summed E-state index contributed by atoms with van der Waals surface area (Å²) in [5.74, 6) is -2.11. The first-order valence-corrected chi connectivity index (χ1v) is 13.0. The van der Waals surface area contributed by atoms with Crippen molar-refractivity contribution in [2.45, 2.75) is 52.3 Å². The van der Waals surface area contributed by atoms with Gasteiger partial charge in [-0.05, 0) is 44.5 Å². The van der Waals surface area contributed by atoms with Crippen LogP contribution in [-0.4, -0.2) is 87.7 Å². The van der Waals surface area contributed by atoms with E-state index in [1.54, 1.807) is 4.90 Å². The van der Waals surface area contributed by atoms with E-state index < -0.39 is 23.7 Å². The van der Waals surface area contributed by atoms with Gasteiger partial charge < -0.3 is 34.5 Å². The van der Waals surface area contributed by atoms with Crippen LogP contribution in [0.2, 0.25) is 0 Å². The monoisotopic (exact) mass is 561 g/mol. The van der Waals surface area contributed by atoms with Crippen molar-refractivity contribution in [3.8, 4) is 11.5 Å². The van der Waals surface area contributed by atoms with Crippen molar-refractivity contribution >= 4 is 18.0 Å². The standard InChI is InChI=1S/C26H38F3N3O7/c1-4-5-10-25(2,3)22(33)38-20-8-6-19(7-9-20)37-18-21(39-23(34)26(27,28)29)17-30-11-12-31-24(35)32-13-15-36-16-14-32/h6-9,21,30H,4-5,10-18H2,1-3H3,(H,31,35). The van der Waals surface area contributed by atoms with Crippen molar-refractivity contribution in [2.75, 3.05) is 52.5 Å². The number of hydrogen-bond donors (Lipinski definition) is 2. The van der Waals surface area contributed by atoms with Gasteiger partial charge in [-0.25, -0.2) is 9.59 Å². The van der Waals surface area contributed by atoms with Crippen LogP contribution in [0.15, 0.2) is 24.3 Å². The summed E-state index contributed by atoms with van der Waals surface area (Å²) in [6.07, 6.45) is -3.86. The molecule has 0 aromatic heterocycles. The Hall–Kier alpha value is -3.06. The highest BCUT2D eigenvalue weighted by Crippen LogP contribution is 2.27. The van der Waals surface area contributed by atoms with Crippen LogP contribution < -0.4 is 20.1 Å². The summed E-state index contributed by atoms with van der Waals surface area (Å²) < 4.78 is 59.0. The molecule has 13 heteroatoms. The molecular formula is C26H38F3N3O7. The van der Waals surface area contributed by atoms with E-state index in [1.165, 1.54) is 24.3 Å². The number of ether oxygens (including phenoxy) is 4. The largest absolute Gasteiger partial charge is 0.490 e. The zero-order valence-corrected chi connectivity index (χ0v) is 22.6. The molecule has 1 aromatic carbocycles. The molecule has 1 heterocycles. The second kappa shape index (κ2) is 15.5. The van der Waals surface area contributed by atoms with Gasteiger partial charge in [-0.3, -0.25) is 4.79 Å². The predicted octanol–water partition coefficient (Wildman–Crippen LogP) is 3.29. The van der Waals surface area contributed by atoms with Gasteiger partial charge >= 0.3 is 24.1 Å². The number of alkyl halides is 3. The fraction of sp³-hybridized carbons (Fsp3) is 0.654. The SMILES string of the molecule is CCCCC(C)(C)C(=O)Oc1ccc(OCC(CNCCNC(=O)N2CCOCC2)OC(=O)C(F)(F)F)cc1. The van der Waals surface area contributed by atoms with E-state index in [2.05, 4.69) is 15.4 Å². The third-order valence-corrected chi connectivity index (χ3v) is 5.93. The topological polar surface area (TPSA) is 115 Å². The number of esters is 2. The van der Waals surface area contributed by atoms with E-state index in [4.69, 9.17) is 14.2 Å². The van der Waals surface area contributed by atoms with Gasteiger partial charge in [0, 0.05) is 32.7 Å². The molecule has 1 aromatic rings. The van der Waals surface area contributed by atoms with Gasteiger partial charge in [0.2, 0.25) is 0 Å². The number of morpholine rings is 1. The molecule has 10 nitrogen and oxygen atoms in total. The lowest BCUT2D eigenvalue weighted by Crippen LogP contribution is -2.48. The normalized spacial score (nSPS) is 14.9. The first kappa shape index (κ1) is 32.2. The summed E-state index contributed by atoms with van der Waals surface area (Å²) in [6, 6.07) is 5.75. The summed E-state index contributed by atoms with van der Waals surface area (Å²) >= 11 is 0. The highest BCUT2D eigenvalue weighted by Gasteiger charge is 2.42. The van der Waals surface area contributed by atoms with Crippen LogP contribution >= 0.6 is 0 Å². The number of nitrogens with zero attached hydrogens (tertiary/aromatic N) is 1. The molecule has 220 valence electrons. The van der Waals surface area contributed by atoms with Crippen LogP contribution in [0.1, 0.15) is 40.0 Å². The molecule has 2 rings (SSSR count). The Bertz CT molecular complexity index is 920. The van der Waals surface area contributed by atoms with Gasteiger partial charge in [0.15, 0.2) is 0 Å². The van der Waals surface area contributed by atoms with Crippen LogP contribution in [0.3, 0.4) is 0 Å². The predicted molar refractivity (Wildman–Crippen MR) is 135 cm³/mol. The van der Waals surface area contributed by atoms with E-state index in [0.29, 0.717) is 38.5 Å². The first-order valence-electron chi connectivity index (χ1n) is 13.0. The Morgan fingerprint density at radius 1 is 1.03 bits per heavy atom. The molecule has 2 N–H and O–H groups in total. The zero-order chi connectivity index (χ0) is 28.9. The van der Waals surface area contributed by atoms with E-state index in [1.807, 2.05) is 20.8 Å². The number of carbonyl (C=O) groups is 3. The van der Waals surface area contributed by atoms with Crippen molar-refractivity contribution in [3.63, 3.8) is 0 Å². The second-order valence-electron chi connectivity index (χ2n) is 9.72. The molecule has 0 bridgehead atoms. The highest BCUT2D eigenvalue weighted by atomic mass is 19.4. The molecule has 39 heavy (non-hydrogen) atoms. The third-order valence-electron chi connectivity index (χ3n) is 5.93. The number of carbonyl (C=O) groups excluding carboxylic acids is 3. The van der Waals surface area contributed by atoms with Crippen LogP contribution in [0.5, 0.6) is 11.5 Å². The van der Waals surface area contributed by atoms with Crippen molar-refractivity contribution in [1.29, 1.82) is 0 Å². The lowest BCUT2D eigenvalue weighted by atomic mass is 9.87. The maximum atomic E-state index is 12.7. The van der Waals surface area contributed by atoms with Crippen molar-refractivity contribution < 1.29 is 46.5 Å². The number of nitrogens with one attached hydrogen (secondary N) is 2. The van der Waals surface area contributed by atoms with Crippen LogP contribution in [0.4, 0.5) is 18.0 Å². The number of halogens is 3. The Labute approximate surface area is 226 Å². The first-order chi connectivity index (χ1) is 18.4. The van der Waals surface area contributed by atoms with Gasteiger partial charge in [-0.1, -0.05) is 19.8 Å². The molecule has 1 saturated heterocycles. The number of unbranched alkanes of at least 4 members (excludes halogenated alkanes) is 1. The molecule has 2 amide bonds. The number of rotatable bonds is 14. The minimum Gasteiger partial charge on any atom is -0.490 e. The summed E-state index contributed by atoms with van der Waals surface area (Å²) in [7, 11) is 0. The van der Waals surface area contributed by atoms with Gasteiger partial charge in [0.25, 0.3) is 0 Å². The Kier molecular flexibility index (Phi) is 12.8. The summed E-state index contributed by atoms with van der Waals surface area (Å²) in [5, 5.41) is 5.56. The average molecular weight is 562 g/mol. The maximum absolute atomic E-state index is 12.7. The Morgan fingerprint density at radius 2 is 1.67 bits per heavy atom. The quantitative estimate of drug-likeness (QED) is 0.202. The van der Waals surface area contributed by atoms with Crippen molar-refractivity contribution in [2.24, 2.45) is 5.41 Å². The van der Waals surface area contributed by atoms with Gasteiger partial charge in [0.05, 0.1) is 18.6 Å². The summed E-state index contributed by atoms with van der Waals surface area (Å²) in [4.78, 5) is 37.5. The van der Waals surface area contributed by atoms with E-state index in [9.17, 15) is 27.6 Å². The van der Waals surface area contributed by atoms with Gasteiger partial charge in [0.1, 0.15) is 24.2 Å². The maximum Gasteiger partial charge on any atom is 0.490 e. The Balaban J connectivity index is 1.84. The lowest BCUT2D eigenvalue weighted by molar-refractivity contribution is -0.205. The molecular weight excluding hydrogens is 523 g/mol. The van der Waals surface area contributed by atoms with Crippen molar-refractivity contribution in [1.82, 2.24) is 15.5 Å². The highest BCUT2D eigenvalue weighted by molar-refractivity contribution is 5.78. The molecule has 0 spiro atoms. The number of hydrogen-bond acceptors (Lipinski definition) is 8. The molecule has 0 radical (unpaired) electrons. The van der Waals surface area contributed by atoms with Crippen molar-refractivity contribution in [3.05, 3.63) is 24.3 Å². The molecule has 1 aliphatic rings. The fourth-order valence-electron chi connectivity index (χ4n) is 3.51. The summed E-state index contributed by atoms with van der Waals surface area (Å²) in [6.45, 7) is 7.49. The number of urea groups is 1. The Morgan fingerprint density at radius 3 is 2.28 bits per heavy atom. The van der Waals surface area contributed by atoms with Gasteiger partial charge in [-0.15, -0.1) is 0 Å². The minimum atomic E-state index is -5.15. The zero-order valence-electron chi connectivity index (χ0n) is 22.6. The molecule has 0 saturated carbocycles. The van der Waals surface area contributed by atoms with E-state index in [-0.39, 0.29) is 44.0 Å². The molecule has 0 aliphatic carbocycles.